The van der Waals surface area contributed by atoms with Crippen LogP contribution >= 0.6 is 0 Å². The third-order valence-electron chi connectivity index (χ3n) is 3.42. The number of benzene rings is 1. The highest BCUT2D eigenvalue weighted by Gasteiger charge is 2.16. The number of ether oxygens (including phenoxy) is 1. The van der Waals surface area contributed by atoms with E-state index in [-0.39, 0.29) is 5.69 Å². The highest BCUT2D eigenvalue weighted by atomic mass is 16.6. The molecule has 0 saturated heterocycles. The summed E-state index contributed by atoms with van der Waals surface area (Å²) in [4.78, 5) is 22.4. The van der Waals surface area contributed by atoms with E-state index in [0.29, 0.717) is 30.1 Å². The topological polar surface area (TPSA) is 69.4 Å². The van der Waals surface area contributed by atoms with Gasteiger partial charge in [-0.3, -0.25) is 10.1 Å². The summed E-state index contributed by atoms with van der Waals surface area (Å²) in [6, 6.07) is 4.16. The maximum absolute atomic E-state index is 12.1. The first-order chi connectivity index (χ1) is 12.0. The molecule has 25 heavy (non-hydrogen) atoms. The summed E-state index contributed by atoms with van der Waals surface area (Å²) in [5, 5.41) is 10.8. The SMILES string of the molecule is C=C.C=CCc1cc([N+](=O)[O-])ccc1C(=O)OCCC(C)CC.CC. The first-order valence-corrected chi connectivity index (χ1v) is 8.54. The summed E-state index contributed by atoms with van der Waals surface area (Å²) in [6.45, 7) is 18.2. The fourth-order valence-corrected chi connectivity index (χ4v) is 1.85. The van der Waals surface area contributed by atoms with Crippen molar-refractivity contribution in [3.05, 3.63) is 65.3 Å². The number of carbonyl (C=O) groups is 1. The molecule has 1 atom stereocenters. The highest BCUT2D eigenvalue weighted by Crippen LogP contribution is 2.20. The minimum absolute atomic E-state index is 0.0389. The molecule has 0 spiro atoms. The molecule has 0 saturated carbocycles. The second-order valence-corrected chi connectivity index (χ2v) is 5.03. The number of carbonyl (C=O) groups excluding carboxylic acids is 1. The van der Waals surface area contributed by atoms with Crippen LogP contribution in [-0.2, 0) is 11.2 Å². The standard InChI is InChI=1S/C16H21NO4.C2H6.C2H4/c1-4-6-13-11-14(17(19)20)7-8-15(13)16(18)21-10-9-12(3)5-2;2*1-2/h4,7-8,11-12H,1,5-6,9-10H2,2-3H3;1-2H3;1-2H2. The van der Waals surface area contributed by atoms with Gasteiger partial charge in [0.05, 0.1) is 17.1 Å². The quantitative estimate of drug-likeness (QED) is 0.259. The lowest BCUT2D eigenvalue weighted by atomic mass is 10.0. The molecule has 0 fully saturated rings. The van der Waals surface area contributed by atoms with E-state index in [1.54, 1.807) is 6.08 Å². The normalized spacial score (nSPS) is 10.2. The van der Waals surface area contributed by atoms with Crippen LogP contribution in [0.2, 0.25) is 0 Å². The first kappa shape index (κ1) is 24.8. The van der Waals surface area contributed by atoms with Gasteiger partial charge >= 0.3 is 5.97 Å². The van der Waals surface area contributed by atoms with Crippen LogP contribution in [0.1, 0.15) is 56.5 Å². The lowest BCUT2D eigenvalue weighted by Crippen LogP contribution is -2.11. The molecule has 0 N–H and O–H groups in total. The average molecular weight is 349 g/mol. The fourth-order valence-electron chi connectivity index (χ4n) is 1.85. The van der Waals surface area contributed by atoms with E-state index < -0.39 is 10.9 Å². The Labute approximate surface area is 151 Å². The van der Waals surface area contributed by atoms with Crippen molar-refractivity contribution in [2.24, 2.45) is 5.92 Å². The van der Waals surface area contributed by atoms with Crippen molar-refractivity contribution in [2.45, 2.75) is 47.0 Å². The van der Waals surface area contributed by atoms with Crippen LogP contribution in [0.4, 0.5) is 5.69 Å². The van der Waals surface area contributed by atoms with Gasteiger partial charge in [-0.1, -0.05) is 40.2 Å². The van der Waals surface area contributed by atoms with E-state index in [9.17, 15) is 14.9 Å². The zero-order valence-corrected chi connectivity index (χ0v) is 15.9. The number of non-ortho nitro benzene ring substituents is 1. The molecule has 0 heterocycles. The molecule has 140 valence electrons. The van der Waals surface area contributed by atoms with E-state index in [1.165, 1.54) is 18.2 Å². The molecule has 0 aliphatic carbocycles. The molecule has 1 aromatic carbocycles. The van der Waals surface area contributed by atoms with Crippen molar-refractivity contribution >= 4 is 11.7 Å². The van der Waals surface area contributed by atoms with Crippen LogP contribution in [-0.4, -0.2) is 17.5 Å². The maximum Gasteiger partial charge on any atom is 0.338 e. The minimum Gasteiger partial charge on any atom is -0.462 e. The van der Waals surface area contributed by atoms with Crippen molar-refractivity contribution in [2.75, 3.05) is 6.61 Å². The van der Waals surface area contributed by atoms with E-state index in [1.807, 2.05) is 13.8 Å². The van der Waals surface area contributed by atoms with Gasteiger partial charge in [-0.15, -0.1) is 19.7 Å². The molecule has 5 heteroatoms. The Hall–Kier alpha value is -2.43. The Bertz CT molecular complexity index is 540. The average Bonchev–Trinajstić information content (AvgIpc) is 2.64. The lowest BCUT2D eigenvalue weighted by Gasteiger charge is -2.11. The van der Waals surface area contributed by atoms with Gasteiger partial charge in [0.1, 0.15) is 0 Å². The number of nitro benzene ring substituents is 1. The fraction of sp³-hybridized carbons (Fsp3) is 0.450. The van der Waals surface area contributed by atoms with Gasteiger partial charge in [0.15, 0.2) is 0 Å². The minimum atomic E-state index is -0.482. The Kier molecular flexibility index (Phi) is 15.0. The van der Waals surface area contributed by atoms with Crippen LogP contribution in [0.25, 0.3) is 0 Å². The first-order valence-electron chi connectivity index (χ1n) is 8.54. The van der Waals surface area contributed by atoms with Gasteiger partial charge in [-0.05, 0) is 30.4 Å². The smallest absolute Gasteiger partial charge is 0.338 e. The zero-order chi connectivity index (χ0) is 19.8. The van der Waals surface area contributed by atoms with Crippen LogP contribution in [0, 0.1) is 16.0 Å². The van der Waals surface area contributed by atoms with Gasteiger partial charge in [-0.2, -0.15) is 0 Å². The molecule has 1 unspecified atom stereocenters. The summed E-state index contributed by atoms with van der Waals surface area (Å²) >= 11 is 0. The van der Waals surface area contributed by atoms with Crippen LogP contribution in [0.3, 0.4) is 0 Å². The molecular weight excluding hydrogens is 318 g/mol. The molecular formula is C20H31NO4. The molecule has 1 rings (SSSR count). The lowest BCUT2D eigenvalue weighted by molar-refractivity contribution is -0.384. The van der Waals surface area contributed by atoms with E-state index in [4.69, 9.17) is 4.74 Å². The Morgan fingerprint density at radius 1 is 1.36 bits per heavy atom. The highest BCUT2D eigenvalue weighted by molar-refractivity contribution is 5.91. The van der Waals surface area contributed by atoms with Crippen LogP contribution < -0.4 is 0 Å². The van der Waals surface area contributed by atoms with Crippen molar-refractivity contribution in [3.8, 4) is 0 Å². The van der Waals surface area contributed by atoms with Gasteiger partial charge in [-0.25, -0.2) is 4.79 Å². The number of hydrogen-bond donors (Lipinski definition) is 0. The number of nitrogens with zero attached hydrogens (tertiary/aromatic N) is 1. The Morgan fingerprint density at radius 3 is 2.44 bits per heavy atom. The Balaban J connectivity index is 0. The molecule has 5 nitrogen and oxygen atoms in total. The molecule has 0 aliphatic rings. The summed E-state index contributed by atoms with van der Waals surface area (Å²) in [7, 11) is 0. The molecule has 0 aromatic heterocycles. The van der Waals surface area contributed by atoms with Gasteiger partial charge in [0.2, 0.25) is 0 Å². The summed E-state index contributed by atoms with van der Waals surface area (Å²) < 4.78 is 5.24. The second kappa shape index (κ2) is 15.1. The van der Waals surface area contributed by atoms with E-state index in [2.05, 4.69) is 33.6 Å². The number of esters is 1. The monoisotopic (exact) mass is 349 g/mol. The zero-order valence-electron chi connectivity index (χ0n) is 15.9. The summed E-state index contributed by atoms with van der Waals surface area (Å²) in [6.07, 6.45) is 3.84. The molecule has 0 aliphatic heterocycles. The summed E-state index contributed by atoms with van der Waals surface area (Å²) in [5.41, 5.74) is 0.889. The van der Waals surface area contributed by atoms with Gasteiger partial charge < -0.3 is 4.74 Å². The summed E-state index contributed by atoms with van der Waals surface area (Å²) in [5.74, 6) is 0.0624. The number of hydrogen-bond acceptors (Lipinski definition) is 4. The maximum atomic E-state index is 12.1. The third-order valence-corrected chi connectivity index (χ3v) is 3.42. The van der Waals surface area contributed by atoms with Crippen molar-refractivity contribution < 1.29 is 14.5 Å². The van der Waals surface area contributed by atoms with Crippen molar-refractivity contribution in [1.29, 1.82) is 0 Å². The molecule has 0 bridgehead atoms. The molecule has 0 amide bonds. The van der Waals surface area contributed by atoms with Crippen molar-refractivity contribution in [3.63, 3.8) is 0 Å². The molecule has 1 aromatic rings. The van der Waals surface area contributed by atoms with E-state index in [0.717, 1.165) is 12.8 Å². The van der Waals surface area contributed by atoms with Gasteiger partial charge in [0, 0.05) is 12.1 Å². The predicted molar refractivity (Wildman–Crippen MR) is 104 cm³/mol. The second-order valence-electron chi connectivity index (χ2n) is 5.03. The number of rotatable bonds is 8. The third kappa shape index (κ3) is 9.45. The number of allylic oxidation sites excluding steroid dienone is 1. The van der Waals surface area contributed by atoms with E-state index >= 15 is 0 Å². The van der Waals surface area contributed by atoms with Crippen LogP contribution in [0.5, 0.6) is 0 Å². The Morgan fingerprint density at radius 2 is 1.96 bits per heavy atom. The van der Waals surface area contributed by atoms with Crippen LogP contribution in [0.15, 0.2) is 44.0 Å². The number of nitro groups is 1. The largest absolute Gasteiger partial charge is 0.462 e. The van der Waals surface area contributed by atoms with Gasteiger partial charge in [0.25, 0.3) is 5.69 Å². The molecule has 0 radical (unpaired) electrons. The predicted octanol–water partition coefficient (Wildman–Crippen LogP) is 5.74. The van der Waals surface area contributed by atoms with Crippen molar-refractivity contribution in [1.82, 2.24) is 0 Å².